The zero-order valence-electron chi connectivity index (χ0n) is 16.8. The van der Waals surface area contributed by atoms with E-state index < -0.39 is 35.2 Å². The molecule has 1 aliphatic heterocycles. The summed E-state index contributed by atoms with van der Waals surface area (Å²) in [5.41, 5.74) is -2.44. The molecule has 2 heterocycles. The van der Waals surface area contributed by atoms with Crippen LogP contribution >= 0.6 is 11.6 Å². The quantitative estimate of drug-likeness (QED) is 0.483. The van der Waals surface area contributed by atoms with Gasteiger partial charge in [-0.1, -0.05) is 16.8 Å². The van der Waals surface area contributed by atoms with Crippen molar-refractivity contribution in [2.24, 2.45) is 11.1 Å². The molecule has 1 aliphatic carbocycles. The second-order valence-electron chi connectivity index (χ2n) is 7.35. The van der Waals surface area contributed by atoms with Crippen LogP contribution in [0.15, 0.2) is 23.4 Å². The molecule has 2 aromatic rings. The average molecular weight is 474 g/mol. The molecule has 0 amide bonds. The lowest BCUT2D eigenvalue weighted by Gasteiger charge is -2.23. The number of rotatable bonds is 4. The van der Waals surface area contributed by atoms with E-state index in [1.165, 1.54) is 13.2 Å². The Balaban J connectivity index is 1.80. The number of oxime groups is 1. The molecule has 2 aliphatic rings. The minimum absolute atomic E-state index is 0.0139. The summed E-state index contributed by atoms with van der Waals surface area (Å²) in [6.45, 7) is 0. The van der Waals surface area contributed by atoms with Gasteiger partial charge >= 0.3 is 12.1 Å². The van der Waals surface area contributed by atoms with Gasteiger partial charge in [-0.05, 0) is 25.0 Å². The Labute approximate surface area is 184 Å². The van der Waals surface area contributed by atoms with Crippen LogP contribution in [0.5, 0.6) is 5.75 Å². The maximum absolute atomic E-state index is 14.8. The Hall–Kier alpha value is -2.95. The molecule has 1 aromatic carbocycles. The van der Waals surface area contributed by atoms with Crippen molar-refractivity contribution in [3.63, 3.8) is 0 Å². The van der Waals surface area contributed by atoms with E-state index in [0.29, 0.717) is 31.0 Å². The fourth-order valence-electron chi connectivity index (χ4n) is 4.11. The van der Waals surface area contributed by atoms with Crippen molar-refractivity contribution in [3.05, 3.63) is 40.3 Å². The molecule has 0 N–H and O–H groups in total. The summed E-state index contributed by atoms with van der Waals surface area (Å²) >= 11 is 6.27. The molecule has 170 valence electrons. The summed E-state index contributed by atoms with van der Waals surface area (Å²) in [7, 11) is 2.37. The van der Waals surface area contributed by atoms with Crippen molar-refractivity contribution in [2.75, 3.05) is 14.2 Å². The second kappa shape index (κ2) is 7.88. The van der Waals surface area contributed by atoms with Crippen molar-refractivity contribution in [1.82, 2.24) is 10.2 Å². The largest absolute Gasteiger partial charge is 0.494 e. The summed E-state index contributed by atoms with van der Waals surface area (Å²) < 4.78 is 63.6. The molecule has 0 bridgehead atoms. The van der Waals surface area contributed by atoms with E-state index in [1.807, 2.05) is 0 Å². The molecular weight excluding hydrogens is 458 g/mol. The number of carbonyl (C=O) groups excluding carboxylic acids is 1. The summed E-state index contributed by atoms with van der Waals surface area (Å²) in [5, 5.41) is 10.7. The molecule has 7 nitrogen and oxygen atoms in total. The van der Waals surface area contributed by atoms with Crippen LogP contribution in [0.25, 0.3) is 11.3 Å². The van der Waals surface area contributed by atoms with Crippen LogP contribution in [0.2, 0.25) is 5.02 Å². The van der Waals surface area contributed by atoms with Gasteiger partial charge in [-0.3, -0.25) is 0 Å². The molecule has 32 heavy (non-hydrogen) atoms. The minimum atomic E-state index is -4.75. The number of nitrogens with zero attached hydrogens (tertiary/aromatic N) is 3. The van der Waals surface area contributed by atoms with Crippen molar-refractivity contribution in [2.45, 2.75) is 31.0 Å². The van der Waals surface area contributed by atoms with Crippen LogP contribution in [0, 0.1) is 11.7 Å². The second-order valence-corrected chi connectivity index (χ2v) is 7.76. The van der Waals surface area contributed by atoms with E-state index in [0.717, 1.165) is 13.2 Å². The lowest BCUT2D eigenvalue weighted by atomic mass is 9.84. The summed E-state index contributed by atoms with van der Waals surface area (Å²) in [4.78, 5) is 17.9. The lowest BCUT2D eigenvalue weighted by molar-refractivity contribution is -0.168. The Morgan fingerprint density at radius 3 is 2.62 bits per heavy atom. The molecule has 0 saturated heterocycles. The molecule has 1 saturated carbocycles. The zero-order chi connectivity index (χ0) is 23.3. The van der Waals surface area contributed by atoms with E-state index in [4.69, 9.17) is 25.9 Å². The van der Waals surface area contributed by atoms with Gasteiger partial charge in [0.2, 0.25) is 5.60 Å². The lowest BCUT2D eigenvalue weighted by Crippen LogP contribution is -2.43. The van der Waals surface area contributed by atoms with Crippen LogP contribution in [0.4, 0.5) is 17.6 Å². The van der Waals surface area contributed by atoms with Crippen LogP contribution in [0.3, 0.4) is 0 Å². The number of fused-ring (bicyclic) bond motifs is 1. The van der Waals surface area contributed by atoms with Crippen molar-refractivity contribution >= 4 is 23.3 Å². The Kier molecular flexibility index (Phi) is 5.48. The van der Waals surface area contributed by atoms with E-state index >= 15 is 0 Å². The Morgan fingerprint density at radius 1 is 1.22 bits per heavy atom. The van der Waals surface area contributed by atoms with Gasteiger partial charge in [0.15, 0.2) is 5.69 Å². The third-order valence-electron chi connectivity index (χ3n) is 5.63. The number of aromatic nitrogens is 2. The molecule has 2 atom stereocenters. The molecule has 12 heteroatoms. The molecule has 0 radical (unpaired) electrons. The fourth-order valence-corrected chi connectivity index (χ4v) is 4.36. The maximum Gasteiger partial charge on any atom is 0.435 e. The highest BCUT2D eigenvalue weighted by molar-refractivity contribution is 6.34. The summed E-state index contributed by atoms with van der Waals surface area (Å²) in [6, 6.07) is 2.90. The van der Waals surface area contributed by atoms with Gasteiger partial charge in [0.1, 0.15) is 17.3 Å². The van der Waals surface area contributed by atoms with Crippen molar-refractivity contribution in [3.8, 4) is 17.0 Å². The first-order valence-electron chi connectivity index (χ1n) is 9.45. The third-order valence-corrected chi connectivity index (χ3v) is 5.94. The zero-order valence-corrected chi connectivity index (χ0v) is 17.6. The predicted molar refractivity (Wildman–Crippen MR) is 104 cm³/mol. The van der Waals surface area contributed by atoms with Gasteiger partial charge in [-0.15, -0.1) is 10.2 Å². The van der Waals surface area contributed by atoms with E-state index in [-0.39, 0.29) is 27.6 Å². The minimum Gasteiger partial charge on any atom is -0.494 e. The topological polar surface area (TPSA) is 82.9 Å². The first-order chi connectivity index (χ1) is 15.1. The highest BCUT2D eigenvalue weighted by Crippen LogP contribution is 2.47. The van der Waals surface area contributed by atoms with Crippen LogP contribution in [0.1, 0.15) is 30.5 Å². The van der Waals surface area contributed by atoms with Crippen LogP contribution in [-0.4, -0.2) is 41.7 Å². The number of ether oxygens (including phenoxy) is 2. The Morgan fingerprint density at radius 2 is 1.97 bits per heavy atom. The number of methoxy groups -OCH3 is 2. The fraction of sp³-hybridized carbons (Fsp3) is 0.400. The summed E-state index contributed by atoms with van der Waals surface area (Å²) in [5.74, 6) is -2.23. The molecule has 2 unspecified atom stereocenters. The van der Waals surface area contributed by atoms with E-state index in [9.17, 15) is 22.4 Å². The van der Waals surface area contributed by atoms with Gasteiger partial charge in [-0.25, -0.2) is 9.18 Å². The van der Waals surface area contributed by atoms with Crippen LogP contribution < -0.4 is 4.74 Å². The molecule has 0 spiro atoms. The maximum atomic E-state index is 14.8. The number of benzene rings is 1. The molecule has 1 fully saturated rings. The van der Waals surface area contributed by atoms with Gasteiger partial charge < -0.3 is 14.3 Å². The number of carbonyl (C=O) groups is 1. The highest BCUT2D eigenvalue weighted by Gasteiger charge is 2.59. The SMILES string of the molecule is COC(=O)C12CCCC1C(c1cc(-c3nnc(C(F)(F)F)cc3OC)c(F)cc1Cl)=NO2. The van der Waals surface area contributed by atoms with E-state index in [2.05, 4.69) is 15.4 Å². The predicted octanol–water partition coefficient (Wildman–Crippen LogP) is 4.41. The Bertz CT molecular complexity index is 1120. The van der Waals surface area contributed by atoms with Gasteiger partial charge in [0.05, 0.1) is 30.9 Å². The average Bonchev–Trinajstić information content (AvgIpc) is 3.33. The summed E-state index contributed by atoms with van der Waals surface area (Å²) in [6.07, 6.45) is -3.14. The van der Waals surface area contributed by atoms with E-state index in [1.54, 1.807) is 0 Å². The van der Waals surface area contributed by atoms with Crippen molar-refractivity contribution in [1.29, 1.82) is 0 Å². The number of hydrogen-bond acceptors (Lipinski definition) is 7. The van der Waals surface area contributed by atoms with Gasteiger partial charge in [0, 0.05) is 23.6 Å². The third kappa shape index (κ3) is 3.44. The molecule has 4 rings (SSSR count). The monoisotopic (exact) mass is 473 g/mol. The number of hydrogen-bond donors (Lipinski definition) is 0. The normalized spacial score (nSPS) is 22.2. The first kappa shape index (κ1) is 22.3. The molecule has 1 aromatic heterocycles. The van der Waals surface area contributed by atoms with Gasteiger partial charge in [0.25, 0.3) is 0 Å². The number of halogens is 5. The van der Waals surface area contributed by atoms with Crippen molar-refractivity contribution < 1.29 is 36.7 Å². The standard InChI is InChI=1S/C20H16ClF4N3O4/c1-30-14-8-15(20(23,24)25)26-27-17(14)10-6-9(12(21)7-13(10)22)16-11-4-3-5-19(11,32-28-16)18(29)31-2/h6-8,11H,3-5H2,1-2H3. The van der Waals surface area contributed by atoms with Gasteiger partial charge in [-0.2, -0.15) is 13.2 Å². The smallest absolute Gasteiger partial charge is 0.435 e. The number of alkyl halides is 3. The first-order valence-corrected chi connectivity index (χ1v) is 9.83. The molecular formula is C20H16ClF4N3O4. The van der Waals surface area contributed by atoms with Crippen LogP contribution in [-0.2, 0) is 20.5 Å². The number of esters is 1. The highest BCUT2D eigenvalue weighted by atomic mass is 35.5.